The first-order valence-corrected chi connectivity index (χ1v) is 15.7. The molecule has 4 bridgehead atoms. The number of nitrogens with two attached hydrogens (primary N) is 1. The number of halogens is 1. The van der Waals surface area contributed by atoms with E-state index in [4.69, 9.17) is 15.2 Å². The van der Waals surface area contributed by atoms with E-state index in [9.17, 15) is 44.6 Å². The number of methoxy groups -OCH3 is 1. The van der Waals surface area contributed by atoms with Gasteiger partial charge in [-0.25, -0.2) is 4.79 Å². The molecule has 2 heterocycles. The van der Waals surface area contributed by atoms with E-state index < -0.39 is 70.3 Å². The molecule has 16 nitrogen and oxygen atoms in total. The highest BCUT2D eigenvalue weighted by Gasteiger charge is 2.35. The van der Waals surface area contributed by atoms with Crippen molar-refractivity contribution in [3.63, 3.8) is 0 Å². The molecule has 0 fully saturated rings. The molecule has 2 aliphatic heterocycles. The Labute approximate surface area is 298 Å². The van der Waals surface area contributed by atoms with Crippen LogP contribution in [0, 0.1) is 16.0 Å². The maximum atomic E-state index is 13.9. The number of nitrogens with one attached hydrogen (secondary N) is 3. The highest BCUT2D eigenvalue weighted by molar-refractivity contribution is 5.93. The summed E-state index contributed by atoms with van der Waals surface area (Å²) in [6.07, 6.45) is -2.37. The number of nitrogens with zero attached hydrogens (tertiary/aromatic N) is 1. The van der Waals surface area contributed by atoms with E-state index in [1.165, 1.54) is 19.2 Å². The van der Waals surface area contributed by atoms with Gasteiger partial charge >= 0.3 is 11.7 Å². The summed E-state index contributed by atoms with van der Waals surface area (Å²) in [5, 5.41) is 51.2. The number of carbonyl (C=O) groups is 4. The number of rotatable bonds is 10. The number of phenols is 1. The minimum Gasteiger partial charge on any atom is -0.504 e. The topological polar surface area (TPSA) is 253 Å². The fourth-order valence-corrected chi connectivity index (χ4v) is 5.52. The van der Waals surface area contributed by atoms with Gasteiger partial charge in [-0.05, 0) is 47.2 Å². The van der Waals surface area contributed by atoms with Crippen LogP contribution in [-0.2, 0) is 32.0 Å². The molecule has 51 heavy (non-hydrogen) atoms. The third kappa shape index (κ3) is 10.1. The first-order valence-electron chi connectivity index (χ1n) is 15.7. The van der Waals surface area contributed by atoms with Crippen molar-refractivity contribution in [1.29, 1.82) is 0 Å². The number of fused-ring (bicyclic) bond motifs is 9. The summed E-state index contributed by atoms with van der Waals surface area (Å²) in [6.45, 7) is 3.73. The number of carboxylic acids is 1. The summed E-state index contributed by atoms with van der Waals surface area (Å²) in [5.41, 5.74) is 6.20. The Kier molecular flexibility index (Phi) is 13.7. The molecular formula is C34H40ClN5O11. The molecule has 0 aliphatic carbocycles. The van der Waals surface area contributed by atoms with E-state index in [1.807, 2.05) is 13.8 Å². The van der Waals surface area contributed by atoms with Gasteiger partial charge in [-0.3, -0.25) is 24.5 Å². The fourth-order valence-electron chi connectivity index (χ4n) is 5.52. The van der Waals surface area contributed by atoms with Crippen LogP contribution in [0.4, 0.5) is 5.69 Å². The number of hydrogen-bond acceptors (Lipinski definition) is 11. The molecule has 0 aromatic heterocycles. The van der Waals surface area contributed by atoms with Crippen LogP contribution in [0.5, 0.6) is 23.0 Å². The average molecular weight is 730 g/mol. The number of ether oxygens (including phenoxy) is 2. The van der Waals surface area contributed by atoms with Crippen LogP contribution >= 0.6 is 12.4 Å². The lowest BCUT2D eigenvalue weighted by Gasteiger charge is -2.28. The normalized spacial score (nSPS) is 18.7. The van der Waals surface area contributed by atoms with Gasteiger partial charge < -0.3 is 46.5 Å². The lowest BCUT2D eigenvalue weighted by atomic mass is 9.97. The minimum atomic E-state index is -2.28. The van der Waals surface area contributed by atoms with Crippen LogP contribution in [0.1, 0.15) is 43.0 Å². The zero-order valence-corrected chi connectivity index (χ0v) is 28.7. The van der Waals surface area contributed by atoms with Gasteiger partial charge in [0.1, 0.15) is 12.1 Å². The van der Waals surface area contributed by atoms with Gasteiger partial charge in [0, 0.05) is 18.9 Å². The zero-order valence-electron chi connectivity index (χ0n) is 27.9. The number of aromatic hydroxyl groups is 1. The molecule has 3 aromatic rings. The second-order valence-electron chi connectivity index (χ2n) is 12.3. The van der Waals surface area contributed by atoms with Gasteiger partial charge in [0.05, 0.1) is 24.1 Å². The molecule has 5 rings (SSSR count). The number of nitro groups is 1. The van der Waals surface area contributed by atoms with Crippen LogP contribution in [0.15, 0.2) is 60.7 Å². The predicted molar refractivity (Wildman–Crippen MR) is 185 cm³/mol. The Morgan fingerprint density at radius 2 is 1.76 bits per heavy atom. The standard InChI is InChI=1S/C34H39N5O11.ClH/c1-17(2)11-21(35)31(42)36-23-13-19-9-10-26(24(14-19)39(47)48)50-27-16-20(15-25(40)30(27)49-3)28(29(41)34(45)46)38-33(44)22(37-32(23)43)12-18-7-5-4-6-8-18;/h4-10,14-17,21-23,28-29,40-41H,11-13,35H2,1-3H3,(H,36,42)(H,37,43)(H,38,44)(H,45,46);1H/t21-,22+,23-,28-,29-;/m1./s1. The van der Waals surface area contributed by atoms with E-state index in [1.54, 1.807) is 30.3 Å². The number of carbonyl (C=O) groups excluding carboxylic acids is 3. The second-order valence-corrected chi connectivity index (χ2v) is 12.3. The number of aliphatic hydroxyl groups is 1. The Balaban J connectivity index is 0.00000702. The molecule has 274 valence electrons. The maximum absolute atomic E-state index is 13.9. The SMILES string of the molecule is COc1c(O)cc2cc1Oc1ccc(cc1[N+](=O)[O-])C[C@@H](NC(=O)[C@H](N)CC(C)C)C(=O)N[C@@H](Cc1ccccc1)C(=O)N[C@H]2[C@@H](O)C(=O)O.Cl. The third-order valence-electron chi connectivity index (χ3n) is 7.98. The quantitative estimate of drug-likeness (QED) is 0.117. The van der Waals surface area contributed by atoms with Crippen molar-refractivity contribution in [3.8, 4) is 23.0 Å². The van der Waals surface area contributed by atoms with E-state index in [2.05, 4.69) is 16.0 Å². The number of carboxylic acid groups (broad SMARTS) is 1. The van der Waals surface area contributed by atoms with Gasteiger partial charge in [-0.15, -0.1) is 12.4 Å². The highest BCUT2D eigenvalue weighted by Crippen LogP contribution is 2.44. The first-order chi connectivity index (χ1) is 23.7. The van der Waals surface area contributed by atoms with Gasteiger partial charge in [-0.2, -0.15) is 0 Å². The summed E-state index contributed by atoms with van der Waals surface area (Å²) in [4.78, 5) is 64.5. The Hall–Kier alpha value is -5.45. The van der Waals surface area contributed by atoms with Crippen molar-refractivity contribution >= 4 is 41.8 Å². The number of amides is 3. The number of aliphatic carboxylic acids is 1. The second kappa shape index (κ2) is 17.5. The number of benzene rings is 3. The third-order valence-corrected chi connectivity index (χ3v) is 7.98. The molecule has 0 radical (unpaired) electrons. The number of aliphatic hydroxyl groups excluding tert-OH is 1. The monoisotopic (exact) mass is 729 g/mol. The first kappa shape index (κ1) is 40.0. The van der Waals surface area contributed by atoms with Crippen LogP contribution in [0.25, 0.3) is 0 Å². The molecule has 17 heteroatoms. The van der Waals surface area contributed by atoms with Gasteiger partial charge in [0.25, 0.3) is 0 Å². The van der Waals surface area contributed by atoms with E-state index >= 15 is 0 Å². The number of nitro benzene ring substituents is 1. The zero-order chi connectivity index (χ0) is 36.7. The lowest BCUT2D eigenvalue weighted by molar-refractivity contribution is -0.385. The van der Waals surface area contributed by atoms with E-state index in [0.29, 0.717) is 12.0 Å². The van der Waals surface area contributed by atoms with Crippen molar-refractivity contribution in [2.24, 2.45) is 11.7 Å². The van der Waals surface area contributed by atoms with E-state index in [-0.39, 0.29) is 59.5 Å². The maximum Gasteiger partial charge on any atom is 0.335 e. The molecule has 0 saturated heterocycles. The van der Waals surface area contributed by atoms with Crippen LogP contribution in [0.3, 0.4) is 0 Å². The van der Waals surface area contributed by atoms with Crippen LogP contribution < -0.4 is 31.2 Å². The molecule has 8 N–H and O–H groups in total. The Morgan fingerprint density at radius 1 is 1.08 bits per heavy atom. The summed E-state index contributed by atoms with van der Waals surface area (Å²) in [5.74, 6) is -5.63. The summed E-state index contributed by atoms with van der Waals surface area (Å²) < 4.78 is 11.1. The van der Waals surface area contributed by atoms with Crippen molar-refractivity contribution in [3.05, 3.63) is 87.5 Å². The fraction of sp³-hybridized carbons (Fsp3) is 0.353. The van der Waals surface area contributed by atoms with Crippen molar-refractivity contribution in [2.45, 2.75) is 63.4 Å². The largest absolute Gasteiger partial charge is 0.504 e. The van der Waals surface area contributed by atoms with Crippen molar-refractivity contribution in [2.75, 3.05) is 7.11 Å². The average Bonchev–Trinajstić information content (AvgIpc) is 3.06. The molecule has 3 amide bonds. The van der Waals surface area contributed by atoms with Gasteiger partial charge in [0.2, 0.25) is 29.2 Å². The molecule has 3 aromatic carbocycles. The molecular weight excluding hydrogens is 690 g/mol. The van der Waals surface area contributed by atoms with Gasteiger partial charge in [0.15, 0.2) is 17.6 Å². The van der Waals surface area contributed by atoms with Crippen LogP contribution in [0.2, 0.25) is 0 Å². The van der Waals surface area contributed by atoms with Gasteiger partial charge in [-0.1, -0.05) is 50.2 Å². The lowest BCUT2D eigenvalue weighted by Crippen LogP contribution is -2.57. The number of hydrogen-bond donors (Lipinski definition) is 7. The van der Waals surface area contributed by atoms with Crippen molar-refractivity contribution in [1.82, 2.24) is 16.0 Å². The highest BCUT2D eigenvalue weighted by atomic mass is 35.5. The van der Waals surface area contributed by atoms with E-state index in [0.717, 1.165) is 18.2 Å². The van der Waals surface area contributed by atoms with Crippen LogP contribution in [-0.4, -0.2) is 75.3 Å². The number of phenolic OH excluding ortho intramolecular Hbond substituents is 1. The van der Waals surface area contributed by atoms with Crippen molar-refractivity contribution < 1.29 is 48.9 Å². The summed E-state index contributed by atoms with van der Waals surface area (Å²) in [7, 11) is 1.19. The molecule has 5 atom stereocenters. The Morgan fingerprint density at radius 3 is 2.37 bits per heavy atom. The predicted octanol–water partition coefficient (Wildman–Crippen LogP) is 2.27. The Bertz CT molecular complexity index is 1760. The molecule has 0 unspecified atom stereocenters. The molecule has 0 saturated carbocycles. The summed E-state index contributed by atoms with van der Waals surface area (Å²) >= 11 is 0. The minimum absolute atomic E-state index is 0. The molecule has 0 spiro atoms. The smallest absolute Gasteiger partial charge is 0.335 e. The molecule has 2 aliphatic rings. The summed E-state index contributed by atoms with van der Waals surface area (Å²) in [6, 6.07) is 9.02.